The highest BCUT2D eigenvalue weighted by molar-refractivity contribution is 7.89. The summed E-state index contributed by atoms with van der Waals surface area (Å²) in [6.07, 6.45) is 0. The van der Waals surface area contributed by atoms with Crippen molar-refractivity contribution in [2.24, 2.45) is 0 Å². The van der Waals surface area contributed by atoms with E-state index in [-0.39, 0.29) is 27.6 Å². The van der Waals surface area contributed by atoms with Crippen LogP contribution in [0, 0.1) is 0 Å². The fourth-order valence-corrected chi connectivity index (χ4v) is 4.59. The van der Waals surface area contributed by atoms with Crippen LogP contribution in [0.5, 0.6) is 0 Å². The largest absolute Gasteiger partial charge is 0.478 e. The van der Waals surface area contributed by atoms with Crippen molar-refractivity contribution in [1.29, 1.82) is 0 Å². The molecule has 0 aliphatic carbocycles. The average Bonchev–Trinajstić information content (AvgIpc) is 3.19. The highest BCUT2D eigenvalue weighted by Gasteiger charge is 2.20. The maximum atomic E-state index is 12.4. The number of nitrogens with one attached hydrogen (secondary N) is 2. The number of anilines is 1. The van der Waals surface area contributed by atoms with Gasteiger partial charge in [-0.3, -0.25) is 4.79 Å². The molecule has 7 nitrogen and oxygen atoms in total. The molecule has 0 unspecified atom stereocenters. The lowest BCUT2D eigenvalue weighted by Crippen LogP contribution is -2.22. The van der Waals surface area contributed by atoms with Crippen LogP contribution in [0.1, 0.15) is 25.6 Å². The lowest BCUT2D eigenvalue weighted by atomic mass is 10.2. The van der Waals surface area contributed by atoms with Crippen molar-refractivity contribution >= 4 is 38.9 Å². The zero-order valence-electron chi connectivity index (χ0n) is 14.5. The van der Waals surface area contributed by atoms with E-state index >= 15 is 0 Å². The van der Waals surface area contributed by atoms with Gasteiger partial charge in [-0.25, -0.2) is 17.9 Å². The minimum Gasteiger partial charge on any atom is -0.478 e. The second kappa shape index (κ2) is 8.34. The highest BCUT2D eigenvalue weighted by atomic mass is 32.2. The molecule has 0 spiro atoms. The summed E-state index contributed by atoms with van der Waals surface area (Å²) in [5.74, 6) is -1.75. The summed E-state index contributed by atoms with van der Waals surface area (Å²) in [5.41, 5.74) is 0.898. The first-order valence-electron chi connectivity index (χ1n) is 8.12. The van der Waals surface area contributed by atoms with E-state index in [4.69, 9.17) is 0 Å². The number of carbonyl (C=O) groups is 2. The van der Waals surface area contributed by atoms with E-state index in [1.807, 2.05) is 18.2 Å². The van der Waals surface area contributed by atoms with Crippen molar-refractivity contribution in [2.75, 3.05) is 5.32 Å². The van der Waals surface area contributed by atoms with Crippen molar-refractivity contribution in [1.82, 2.24) is 4.72 Å². The molecular weight excluding hydrogens is 400 g/mol. The molecule has 1 heterocycles. The zero-order chi connectivity index (χ0) is 20.1. The Balaban J connectivity index is 1.72. The first-order chi connectivity index (χ1) is 13.4. The third kappa shape index (κ3) is 4.63. The van der Waals surface area contributed by atoms with Crippen LogP contribution in [0.3, 0.4) is 0 Å². The fraction of sp³-hybridized carbons (Fsp3) is 0.0526. The monoisotopic (exact) mass is 416 g/mol. The van der Waals surface area contributed by atoms with Gasteiger partial charge in [0.1, 0.15) is 0 Å². The molecule has 28 heavy (non-hydrogen) atoms. The van der Waals surface area contributed by atoms with Crippen LogP contribution in [0.4, 0.5) is 5.69 Å². The molecule has 3 N–H and O–H groups in total. The summed E-state index contributed by atoms with van der Waals surface area (Å²) in [5, 5.41) is 13.0. The molecule has 2 aromatic carbocycles. The summed E-state index contributed by atoms with van der Waals surface area (Å²) in [4.78, 5) is 23.8. The maximum absolute atomic E-state index is 12.4. The number of amides is 1. The van der Waals surface area contributed by atoms with Crippen LogP contribution in [0.15, 0.2) is 70.9 Å². The number of benzene rings is 2. The summed E-state index contributed by atoms with van der Waals surface area (Å²) in [7, 11) is -3.78. The Morgan fingerprint density at radius 1 is 1.00 bits per heavy atom. The summed E-state index contributed by atoms with van der Waals surface area (Å²) >= 11 is 0.961. The fourth-order valence-electron chi connectivity index (χ4n) is 2.40. The molecule has 3 rings (SSSR count). The van der Waals surface area contributed by atoms with E-state index in [1.54, 1.807) is 24.3 Å². The number of sulfonamides is 1. The molecule has 1 aromatic heterocycles. The molecule has 0 bridgehead atoms. The molecule has 144 valence electrons. The molecule has 0 aliphatic heterocycles. The lowest BCUT2D eigenvalue weighted by Gasteiger charge is -2.07. The highest BCUT2D eigenvalue weighted by Crippen LogP contribution is 2.22. The van der Waals surface area contributed by atoms with Crippen molar-refractivity contribution in [3.8, 4) is 0 Å². The van der Waals surface area contributed by atoms with Crippen LogP contribution in [0.2, 0.25) is 0 Å². The standard InChI is InChI=1S/C19H16N2O5S2/c22-18(21-16-9-5-4-8-15(16)19(23)24)17-10-14(12-27-17)28(25,26)20-11-13-6-2-1-3-7-13/h1-10,12,20H,11H2,(H,21,22)(H,23,24). The number of carbonyl (C=O) groups excluding carboxylic acids is 1. The van der Waals surface area contributed by atoms with Gasteiger partial charge in [0.25, 0.3) is 5.91 Å². The van der Waals surface area contributed by atoms with Crippen LogP contribution in [0.25, 0.3) is 0 Å². The Kier molecular flexibility index (Phi) is 5.88. The quantitative estimate of drug-likeness (QED) is 0.548. The van der Waals surface area contributed by atoms with Crippen LogP contribution >= 0.6 is 11.3 Å². The van der Waals surface area contributed by atoms with Gasteiger partial charge in [0.15, 0.2) is 0 Å². The van der Waals surface area contributed by atoms with E-state index < -0.39 is 21.9 Å². The molecule has 9 heteroatoms. The van der Waals surface area contributed by atoms with Crippen LogP contribution in [-0.2, 0) is 16.6 Å². The molecule has 0 saturated heterocycles. The summed E-state index contributed by atoms with van der Waals surface area (Å²) in [6, 6.07) is 16.3. The summed E-state index contributed by atoms with van der Waals surface area (Å²) in [6.45, 7) is 0.131. The molecule has 0 saturated carbocycles. The maximum Gasteiger partial charge on any atom is 0.337 e. The Bertz CT molecular complexity index is 1110. The van der Waals surface area contributed by atoms with Gasteiger partial charge >= 0.3 is 5.97 Å². The van der Waals surface area contributed by atoms with Crippen LogP contribution in [-0.4, -0.2) is 25.4 Å². The molecule has 0 radical (unpaired) electrons. The number of thiophene rings is 1. The normalized spacial score (nSPS) is 11.1. The Morgan fingerprint density at radius 2 is 1.68 bits per heavy atom. The number of aromatic carboxylic acids is 1. The second-order valence-electron chi connectivity index (χ2n) is 5.76. The number of hydrogen-bond acceptors (Lipinski definition) is 5. The first kappa shape index (κ1) is 19.7. The van der Waals surface area contributed by atoms with Crippen molar-refractivity contribution in [2.45, 2.75) is 11.4 Å². The van der Waals surface area contributed by atoms with Gasteiger partial charge in [-0.15, -0.1) is 11.3 Å². The van der Waals surface area contributed by atoms with Gasteiger partial charge < -0.3 is 10.4 Å². The van der Waals surface area contributed by atoms with E-state index in [9.17, 15) is 23.1 Å². The van der Waals surface area contributed by atoms with Gasteiger partial charge in [0, 0.05) is 11.9 Å². The number of carboxylic acids is 1. The third-order valence-corrected chi connectivity index (χ3v) is 6.28. The van der Waals surface area contributed by atoms with Crippen molar-refractivity contribution in [3.63, 3.8) is 0 Å². The lowest BCUT2D eigenvalue weighted by molar-refractivity contribution is 0.0698. The van der Waals surface area contributed by atoms with Gasteiger partial charge in [0.05, 0.1) is 21.0 Å². The predicted octanol–water partition coefficient (Wildman–Crippen LogP) is 3.18. The van der Waals surface area contributed by atoms with Gasteiger partial charge in [-0.2, -0.15) is 0 Å². The van der Waals surface area contributed by atoms with E-state index in [0.717, 1.165) is 16.9 Å². The Morgan fingerprint density at radius 3 is 2.39 bits per heavy atom. The van der Waals surface area contributed by atoms with Gasteiger partial charge in [0.2, 0.25) is 10.0 Å². The average molecular weight is 416 g/mol. The molecule has 0 aliphatic rings. The summed E-state index contributed by atoms with van der Waals surface area (Å²) < 4.78 is 27.3. The minimum atomic E-state index is -3.78. The van der Waals surface area contributed by atoms with Crippen molar-refractivity contribution < 1.29 is 23.1 Å². The molecule has 3 aromatic rings. The van der Waals surface area contributed by atoms with E-state index in [2.05, 4.69) is 10.0 Å². The number of rotatable bonds is 7. The molecular formula is C19H16N2O5S2. The van der Waals surface area contributed by atoms with Gasteiger partial charge in [-0.1, -0.05) is 42.5 Å². The second-order valence-corrected chi connectivity index (χ2v) is 8.44. The molecule has 0 atom stereocenters. The van der Waals surface area contributed by atoms with Gasteiger partial charge in [-0.05, 0) is 23.8 Å². The number of carboxylic acid groups (broad SMARTS) is 1. The molecule has 1 amide bonds. The number of para-hydroxylation sites is 1. The smallest absolute Gasteiger partial charge is 0.337 e. The van der Waals surface area contributed by atoms with Crippen LogP contribution < -0.4 is 10.0 Å². The Labute approximate surface area is 165 Å². The predicted molar refractivity (Wildman–Crippen MR) is 106 cm³/mol. The van der Waals surface area contributed by atoms with E-state index in [0.29, 0.717) is 0 Å². The zero-order valence-corrected chi connectivity index (χ0v) is 16.1. The van der Waals surface area contributed by atoms with E-state index in [1.165, 1.54) is 23.6 Å². The number of hydrogen-bond donors (Lipinski definition) is 3. The Hall–Kier alpha value is -3.01. The third-order valence-electron chi connectivity index (χ3n) is 3.82. The minimum absolute atomic E-state index is 0.0231. The molecule has 0 fully saturated rings. The first-order valence-corrected chi connectivity index (χ1v) is 10.5. The van der Waals surface area contributed by atoms with Crippen molar-refractivity contribution in [3.05, 3.63) is 82.0 Å². The SMILES string of the molecule is O=C(Nc1ccccc1C(=O)O)c1cc(S(=O)(=O)NCc2ccccc2)cs1. The topological polar surface area (TPSA) is 113 Å².